The van der Waals surface area contributed by atoms with Crippen LogP contribution in [0.5, 0.6) is 0 Å². The smallest absolute Gasteiger partial charge is 0.242 e. The third-order valence-electron chi connectivity index (χ3n) is 3.51. The molecule has 2 N–H and O–H groups in total. The molecule has 0 unspecified atom stereocenters. The number of hydrogen-bond donors (Lipinski definition) is 2. The summed E-state index contributed by atoms with van der Waals surface area (Å²) in [5, 5.41) is 5.58. The number of sulfonamides is 1. The molecule has 0 spiro atoms. The lowest BCUT2D eigenvalue weighted by molar-refractivity contribution is -0.121. The van der Waals surface area contributed by atoms with Crippen LogP contribution in [0.1, 0.15) is 13.3 Å². The molecule has 126 valence electrons. The summed E-state index contributed by atoms with van der Waals surface area (Å²) < 4.78 is 39.0. The van der Waals surface area contributed by atoms with Crippen molar-refractivity contribution in [2.24, 2.45) is 0 Å². The normalized spacial score (nSPS) is 17.6. The second-order valence-electron chi connectivity index (χ2n) is 5.31. The van der Waals surface area contributed by atoms with Gasteiger partial charge in [-0.1, -0.05) is 6.08 Å². The largest absolute Gasteiger partial charge is 0.374 e. The van der Waals surface area contributed by atoms with Crippen LogP contribution in [0.4, 0.5) is 15.8 Å². The van der Waals surface area contributed by atoms with E-state index in [1.807, 2.05) is 0 Å². The van der Waals surface area contributed by atoms with Gasteiger partial charge in [-0.05, 0) is 31.5 Å². The summed E-state index contributed by atoms with van der Waals surface area (Å²) in [6.45, 7) is 5.79. The average Bonchev–Trinajstić information content (AvgIpc) is 2.85. The molecule has 1 fully saturated rings. The predicted octanol–water partition coefficient (Wildman–Crippen LogP) is 1.47. The van der Waals surface area contributed by atoms with Crippen molar-refractivity contribution in [1.82, 2.24) is 5.32 Å². The Labute approximate surface area is 135 Å². The highest BCUT2D eigenvalue weighted by Crippen LogP contribution is 2.29. The lowest BCUT2D eigenvalue weighted by Crippen LogP contribution is -2.37. The number of rotatable bonds is 6. The summed E-state index contributed by atoms with van der Waals surface area (Å²) in [6, 6.07) is 3.53. The average molecular weight is 341 g/mol. The monoisotopic (exact) mass is 341 g/mol. The molecule has 2 rings (SSSR count). The lowest BCUT2D eigenvalue weighted by Gasteiger charge is -2.20. The van der Waals surface area contributed by atoms with Gasteiger partial charge in [-0.25, -0.2) is 12.8 Å². The number of carbonyl (C=O) groups excluding carboxylic acids is 1. The molecule has 0 bridgehead atoms. The third kappa shape index (κ3) is 4.01. The van der Waals surface area contributed by atoms with Crippen molar-refractivity contribution in [3.63, 3.8) is 0 Å². The van der Waals surface area contributed by atoms with Crippen molar-refractivity contribution < 1.29 is 17.6 Å². The predicted molar refractivity (Wildman–Crippen MR) is 88.4 cm³/mol. The van der Waals surface area contributed by atoms with Crippen molar-refractivity contribution in [2.75, 3.05) is 28.5 Å². The molecular formula is C15H20FN3O3S. The highest BCUT2D eigenvalue weighted by atomic mass is 32.2. The Morgan fingerprint density at radius 1 is 1.52 bits per heavy atom. The molecule has 0 aliphatic carbocycles. The topological polar surface area (TPSA) is 78.5 Å². The highest BCUT2D eigenvalue weighted by molar-refractivity contribution is 7.93. The minimum Gasteiger partial charge on any atom is -0.374 e. The summed E-state index contributed by atoms with van der Waals surface area (Å²) >= 11 is 0. The van der Waals surface area contributed by atoms with Crippen molar-refractivity contribution >= 4 is 27.3 Å². The van der Waals surface area contributed by atoms with E-state index in [0.717, 1.165) is 4.31 Å². The van der Waals surface area contributed by atoms with Crippen molar-refractivity contribution in [1.29, 1.82) is 0 Å². The van der Waals surface area contributed by atoms with Gasteiger partial charge in [0.1, 0.15) is 11.9 Å². The summed E-state index contributed by atoms with van der Waals surface area (Å²) in [6.07, 6.45) is 2.04. The summed E-state index contributed by atoms with van der Waals surface area (Å²) in [7, 11) is -3.46. The van der Waals surface area contributed by atoms with Crippen LogP contribution in [0.15, 0.2) is 30.9 Å². The molecule has 1 heterocycles. The minimum atomic E-state index is -3.46. The van der Waals surface area contributed by atoms with E-state index in [1.54, 1.807) is 13.0 Å². The maximum absolute atomic E-state index is 14.0. The van der Waals surface area contributed by atoms with E-state index in [-0.39, 0.29) is 23.9 Å². The first-order valence-corrected chi connectivity index (χ1v) is 8.91. The van der Waals surface area contributed by atoms with Gasteiger partial charge in [-0.15, -0.1) is 6.58 Å². The number of nitrogens with one attached hydrogen (secondary N) is 2. The molecule has 6 nitrogen and oxygen atoms in total. The van der Waals surface area contributed by atoms with Gasteiger partial charge in [0.15, 0.2) is 0 Å². The fraction of sp³-hybridized carbons (Fsp3) is 0.400. The number of amides is 1. The van der Waals surface area contributed by atoms with Gasteiger partial charge in [0, 0.05) is 18.8 Å². The first-order valence-electron chi connectivity index (χ1n) is 7.30. The highest BCUT2D eigenvalue weighted by Gasteiger charge is 2.30. The third-order valence-corrected chi connectivity index (χ3v) is 5.37. The SMILES string of the molecule is C=CCNC(=O)[C@@H](C)Nc1ccc(F)c(N2CCCS2(=O)=O)c1. The first-order chi connectivity index (χ1) is 10.8. The van der Waals surface area contributed by atoms with Crippen LogP contribution in [-0.4, -0.2) is 39.2 Å². The van der Waals surface area contributed by atoms with Gasteiger partial charge in [-0.2, -0.15) is 0 Å². The number of carbonyl (C=O) groups is 1. The summed E-state index contributed by atoms with van der Waals surface area (Å²) in [5.41, 5.74) is 0.482. The van der Waals surface area contributed by atoms with Gasteiger partial charge in [-0.3, -0.25) is 9.10 Å². The van der Waals surface area contributed by atoms with Gasteiger partial charge in [0.25, 0.3) is 0 Å². The van der Waals surface area contributed by atoms with Gasteiger partial charge < -0.3 is 10.6 Å². The molecular weight excluding hydrogens is 321 g/mol. The molecule has 1 aliphatic heterocycles. The van der Waals surface area contributed by atoms with Crippen LogP contribution < -0.4 is 14.9 Å². The molecule has 1 aromatic rings. The zero-order valence-electron chi connectivity index (χ0n) is 12.9. The fourth-order valence-corrected chi connectivity index (χ4v) is 3.91. The van der Waals surface area contributed by atoms with Crippen LogP contribution in [-0.2, 0) is 14.8 Å². The van der Waals surface area contributed by atoms with E-state index >= 15 is 0 Å². The van der Waals surface area contributed by atoms with Gasteiger partial charge in [0.2, 0.25) is 15.9 Å². The van der Waals surface area contributed by atoms with Gasteiger partial charge in [0.05, 0.1) is 11.4 Å². The van der Waals surface area contributed by atoms with E-state index < -0.39 is 21.9 Å². The molecule has 23 heavy (non-hydrogen) atoms. The molecule has 1 saturated heterocycles. The minimum absolute atomic E-state index is 0.00574. The number of hydrogen-bond acceptors (Lipinski definition) is 4. The first kappa shape index (κ1) is 17.3. The molecule has 1 aliphatic rings. The number of halogens is 1. The molecule has 0 saturated carbocycles. The zero-order chi connectivity index (χ0) is 17.0. The Hall–Kier alpha value is -2.09. The Morgan fingerprint density at radius 3 is 2.87 bits per heavy atom. The maximum Gasteiger partial charge on any atom is 0.242 e. The fourth-order valence-electron chi connectivity index (χ4n) is 2.35. The maximum atomic E-state index is 14.0. The number of anilines is 2. The Kier molecular flexibility index (Phi) is 5.25. The molecule has 1 aromatic carbocycles. The summed E-state index contributed by atoms with van der Waals surface area (Å²) in [5.74, 6) is -0.820. The lowest BCUT2D eigenvalue weighted by atomic mass is 10.2. The van der Waals surface area contributed by atoms with Crippen LogP contribution >= 0.6 is 0 Å². The molecule has 0 aromatic heterocycles. The van der Waals surface area contributed by atoms with E-state index in [4.69, 9.17) is 0 Å². The van der Waals surface area contributed by atoms with Crippen LogP contribution in [0, 0.1) is 5.82 Å². The Balaban J connectivity index is 2.17. The summed E-state index contributed by atoms with van der Waals surface area (Å²) in [4.78, 5) is 11.8. The molecule has 1 atom stereocenters. The second kappa shape index (κ2) is 6.99. The molecule has 1 amide bonds. The van der Waals surface area contributed by atoms with Crippen LogP contribution in [0.2, 0.25) is 0 Å². The van der Waals surface area contributed by atoms with Crippen molar-refractivity contribution in [3.8, 4) is 0 Å². The molecule has 0 radical (unpaired) electrons. The van der Waals surface area contributed by atoms with E-state index in [1.165, 1.54) is 18.2 Å². The van der Waals surface area contributed by atoms with Crippen molar-refractivity contribution in [2.45, 2.75) is 19.4 Å². The second-order valence-corrected chi connectivity index (χ2v) is 7.32. The van der Waals surface area contributed by atoms with Crippen LogP contribution in [0.25, 0.3) is 0 Å². The Bertz CT molecular complexity index is 706. The van der Waals surface area contributed by atoms with E-state index in [2.05, 4.69) is 17.2 Å². The number of benzene rings is 1. The van der Waals surface area contributed by atoms with Crippen molar-refractivity contribution in [3.05, 3.63) is 36.7 Å². The van der Waals surface area contributed by atoms with E-state index in [9.17, 15) is 17.6 Å². The molecule has 8 heteroatoms. The quantitative estimate of drug-likeness (QED) is 0.768. The van der Waals surface area contributed by atoms with E-state index in [0.29, 0.717) is 18.7 Å². The zero-order valence-corrected chi connectivity index (χ0v) is 13.7. The van der Waals surface area contributed by atoms with Crippen LogP contribution in [0.3, 0.4) is 0 Å². The van der Waals surface area contributed by atoms with Gasteiger partial charge >= 0.3 is 0 Å². The number of nitrogens with zero attached hydrogens (tertiary/aromatic N) is 1. The Morgan fingerprint density at radius 2 is 2.26 bits per heavy atom. The standard InChI is InChI=1S/C15H20FN3O3S/c1-3-7-17-15(20)11(2)18-12-5-6-13(16)14(10-12)19-8-4-9-23(19,21)22/h3,5-6,10-11,18H,1,4,7-9H2,2H3,(H,17,20)/t11-/m1/s1.